The number of Topliss-reactive ketones (excluding diaryl/α,β-unsaturated/α-hetero) is 1. The summed E-state index contributed by atoms with van der Waals surface area (Å²) >= 11 is 0. The number of aromatic nitrogens is 2. The number of rotatable bonds is 5. The van der Waals surface area contributed by atoms with Crippen LogP contribution in [0, 0.1) is 0 Å². The van der Waals surface area contributed by atoms with E-state index < -0.39 is 5.91 Å². The van der Waals surface area contributed by atoms with E-state index in [4.69, 9.17) is 0 Å². The van der Waals surface area contributed by atoms with Crippen LogP contribution in [0.4, 0.5) is 5.69 Å². The molecule has 1 aliphatic rings. The highest BCUT2D eigenvalue weighted by atomic mass is 16.2. The van der Waals surface area contributed by atoms with Crippen LogP contribution in [0.2, 0.25) is 0 Å². The number of carbonyl (C=O) groups is 3. The second-order valence-electron chi connectivity index (χ2n) is 7.12. The Labute approximate surface area is 173 Å². The van der Waals surface area contributed by atoms with E-state index in [0.717, 1.165) is 11.1 Å². The van der Waals surface area contributed by atoms with Crippen molar-refractivity contribution >= 4 is 23.3 Å². The van der Waals surface area contributed by atoms with Crippen LogP contribution in [0.5, 0.6) is 0 Å². The Morgan fingerprint density at radius 2 is 1.83 bits per heavy atom. The lowest BCUT2D eigenvalue weighted by Gasteiger charge is -2.12. The van der Waals surface area contributed by atoms with Crippen LogP contribution in [0.3, 0.4) is 0 Å². The molecule has 7 nitrogen and oxygen atoms in total. The minimum atomic E-state index is -0.393. The molecule has 4 rings (SSSR count). The molecule has 2 amide bonds. The Bertz CT molecular complexity index is 1100. The van der Waals surface area contributed by atoms with E-state index in [0.29, 0.717) is 30.5 Å². The van der Waals surface area contributed by atoms with Gasteiger partial charge in [0.2, 0.25) is 0 Å². The molecule has 0 saturated heterocycles. The Hall–Kier alpha value is -3.87. The van der Waals surface area contributed by atoms with Gasteiger partial charge < -0.3 is 10.6 Å². The van der Waals surface area contributed by atoms with Gasteiger partial charge in [-0.25, -0.2) is 0 Å². The Kier molecular flexibility index (Phi) is 5.61. The molecule has 0 spiro atoms. The molecule has 2 aromatic heterocycles. The fourth-order valence-corrected chi connectivity index (χ4v) is 3.45. The van der Waals surface area contributed by atoms with E-state index in [1.165, 1.54) is 12.3 Å². The number of hydrogen-bond acceptors (Lipinski definition) is 5. The molecular formula is C23H20N4O3. The summed E-state index contributed by atoms with van der Waals surface area (Å²) in [5, 5.41) is 5.67. The molecule has 1 fully saturated rings. The first-order valence-electron chi connectivity index (χ1n) is 9.69. The zero-order valence-corrected chi connectivity index (χ0v) is 16.2. The SMILES string of the molecule is O=C1CCC(NC(=O)c2cc(C(=O)Nc3cnccc3-c3ccccc3)ccn2)C1. The molecule has 150 valence electrons. The third-order valence-electron chi connectivity index (χ3n) is 4.99. The number of nitrogens with zero attached hydrogens (tertiary/aromatic N) is 2. The van der Waals surface area contributed by atoms with Gasteiger partial charge >= 0.3 is 0 Å². The number of carbonyl (C=O) groups excluding carboxylic acids is 3. The van der Waals surface area contributed by atoms with Gasteiger partial charge in [0.15, 0.2) is 0 Å². The summed E-state index contributed by atoms with van der Waals surface area (Å²) in [4.78, 5) is 44.8. The molecule has 0 radical (unpaired) electrons. The van der Waals surface area contributed by atoms with Gasteiger partial charge in [-0.3, -0.25) is 24.4 Å². The molecule has 7 heteroatoms. The van der Waals surface area contributed by atoms with Crippen molar-refractivity contribution in [1.29, 1.82) is 0 Å². The minimum absolute atomic E-state index is 0.136. The Morgan fingerprint density at radius 3 is 2.60 bits per heavy atom. The molecule has 1 aromatic carbocycles. The Balaban J connectivity index is 1.51. The van der Waals surface area contributed by atoms with Crippen molar-refractivity contribution in [3.8, 4) is 11.1 Å². The lowest BCUT2D eigenvalue weighted by Crippen LogP contribution is -2.33. The van der Waals surface area contributed by atoms with Crippen molar-refractivity contribution in [2.24, 2.45) is 0 Å². The third kappa shape index (κ3) is 4.41. The minimum Gasteiger partial charge on any atom is -0.348 e. The van der Waals surface area contributed by atoms with Gasteiger partial charge in [0.05, 0.1) is 11.9 Å². The van der Waals surface area contributed by atoms with Crippen LogP contribution in [-0.2, 0) is 4.79 Å². The predicted molar refractivity (Wildman–Crippen MR) is 112 cm³/mol. The molecular weight excluding hydrogens is 380 g/mol. The van der Waals surface area contributed by atoms with E-state index in [-0.39, 0.29) is 23.4 Å². The van der Waals surface area contributed by atoms with Gasteiger partial charge in [-0.2, -0.15) is 0 Å². The summed E-state index contributed by atoms with van der Waals surface area (Å²) in [6.45, 7) is 0. The first kappa shape index (κ1) is 19.4. The number of nitrogens with one attached hydrogen (secondary N) is 2. The van der Waals surface area contributed by atoms with Gasteiger partial charge in [0, 0.05) is 42.4 Å². The molecule has 1 saturated carbocycles. The van der Waals surface area contributed by atoms with Crippen molar-refractivity contribution in [3.63, 3.8) is 0 Å². The number of amides is 2. The van der Waals surface area contributed by atoms with Crippen LogP contribution in [0.1, 0.15) is 40.1 Å². The second kappa shape index (κ2) is 8.65. The van der Waals surface area contributed by atoms with Crippen LogP contribution in [0.25, 0.3) is 11.1 Å². The van der Waals surface area contributed by atoms with Crippen molar-refractivity contribution in [1.82, 2.24) is 15.3 Å². The van der Waals surface area contributed by atoms with Crippen LogP contribution >= 0.6 is 0 Å². The van der Waals surface area contributed by atoms with E-state index in [9.17, 15) is 14.4 Å². The molecule has 3 aromatic rings. The first-order chi connectivity index (χ1) is 14.6. The molecule has 1 aliphatic carbocycles. The second-order valence-corrected chi connectivity index (χ2v) is 7.12. The fraction of sp³-hybridized carbons (Fsp3) is 0.174. The van der Waals surface area contributed by atoms with Crippen molar-refractivity contribution in [2.45, 2.75) is 25.3 Å². The lowest BCUT2D eigenvalue weighted by atomic mass is 10.1. The zero-order valence-electron chi connectivity index (χ0n) is 16.2. The van der Waals surface area contributed by atoms with Gasteiger partial charge in [0.1, 0.15) is 11.5 Å². The quantitative estimate of drug-likeness (QED) is 0.685. The van der Waals surface area contributed by atoms with Crippen LogP contribution < -0.4 is 10.6 Å². The van der Waals surface area contributed by atoms with Crippen molar-refractivity contribution < 1.29 is 14.4 Å². The molecule has 2 N–H and O–H groups in total. The highest BCUT2D eigenvalue weighted by Crippen LogP contribution is 2.27. The molecule has 0 bridgehead atoms. The summed E-state index contributed by atoms with van der Waals surface area (Å²) in [6, 6.07) is 14.3. The highest BCUT2D eigenvalue weighted by Gasteiger charge is 2.24. The topological polar surface area (TPSA) is 101 Å². The van der Waals surface area contributed by atoms with Crippen LogP contribution in [-0.4, -0.2) is 33.6 Å². The molecule has 0 aliphatic heterocycles. The Morgan fingerprint density at radius 1 is 1.00 bits per heavy atom. The van der Waals surface area contributed by atoms with Gasteiger partial charge in [0.25, 0.3) is 11.8 Å². The number of pyridine rings is 2. The van der Waals surface area contributed by atoms with Crippen molar-refractivity contribution in [3.05, 3.63) is 78.4 Å². The standard InChI is InChI=1S/C23H20N4O3/c28-18-7-6-17(13-18)26-23(30)20-12-16(8-11-25-20)22(29)27-21-14-24-10-9-19(21)15-4-2-1-3-5-15/h1-5,8-12,14,17H,6-7,13H2,(H,26,30)(H,27,29). The summed E-state index contributed by atoms with van der Waals surface area (Å²) in [5.41, 5.74) is 2.81. The monoisotopic (exact) mass is 400 g/mol. The molecule has 1 unspecified atom stereocenters. The number of benzene rings is 1. The van der Waals surface area contributed by atoms with E-state index in [1.54, 1.807) is 18.5 Å². The fourth-order valence-electron chi connectivity index (χ4n) is 3.45. The number of ketones is 1. The predicted octanol–water partition coefficient (Wildman–Crippen LogP) is 3.25. The summed E-state index contributed by atoms with van der Waals surface area (Å²) in [6.07, 6.45) is 6.14. The van der Waals surface area contributed by atoms with Gasteiger partial charge in [-0.1, -0.05) is 30.3 Å². The van der Waals surface area contributed by atoms with Crippen LogP contribution in [0.15, 0.2) is 67.1 Å². The maximum Gasteiger partial charge on any atom is 0.270 e. The first-order valence-corrected chi connectivity index (χ1v) is 9.69. The number of anilines is 1. The molecule has 2 heterocycles. The normalized spacial score (nSPS) is 15.6. The van der Waals surface area contributed by atoms with E-state index in [2.05, 4.69) is 20.6 Å². The van der Waals surface area contributed by atoms with E-state index in [1.807, 2.05) is 36.4 Å². The average molecular weight is 400 g/mol. The van der Waals surface area contributed by atoms with Gasteiger partial charge in [-0.05, 0) is 30.2 Å². The lowest BCUT2D eigenvalue weighted by molar-refractivity contribution is -0.117. The maximum absolute atomic E-state index is 12.8. The molecule has 30 heavy (non-hydrogen) atoms. The van der Waals surface area contributed by atoms with E-state index >= 15 is 0 Å². The third-order valence-corrected chi connectivity index (χ3v) is 4.99. The average Bonchev–Trinajstić information content (AvgIpc) is 3.19. The summed E-state index contributed by atoms with van der Waals surface area (Å²) in [5.74, 6) is -0.615. The number of hydrogen-bond donors (Lipinski definition) is 2. The van der Waals surface area contributed by atoms with Gasteiger partial charge in [-0.15, -0.1) is 0 Å². The molecule has 1 atom stereocenters. The summed E-state index contributed by atoms with van der Waals surface area (Å²) < 4.78 is 0. The smallest absolute Gasteiger partial charge is 0.270 e. The largest absolute Gasteiger partial charge is 0.348 e. The zero-order chi connectivity index (χ0) is 20.9. The van der Waals surface area contributed by atoms with Crippen molar-refractivity contribution in [2.75, 3.05) is 5.32 Å². The maximum atomic E-state index is 12.8. The highest BCUT2D eigenvalue weighted by molar-refractivity contribution is 6.07. The summed E-state index contributed by atoms with van der Waals surface area (Å²) in [7, 11) is 0.